The van der Waals surface area contributed by atoms with Crippen molar-refractivity contribution in [3.63, 3.8) is 0 Å². The Hall–Kier alpha value is -4.28. The van der Waals surface area contributed by atoms with Crippen molar-refractivity contribution in [1.29, 1.82) is 5.26 Å². The molecule has 1 saturated heterocycles. The summed E-state index contributed by atoms with van der Waals surface area (Å²) in [6.45, 7) is 8.03. The Labute approximate surface area is 310 Å². The minimum Gasteiger partial charge on any atom is -0.488 e. The number of carboxylic acid groups (broad SMARTS) is 1. The summed E-state index contributed by atoms with van der Waals surface area (Å²) in [6.07, 6.45) is 10.5. The fraction of sp³-hybridized carbons (Fsp3) is 0.425. The second-order valence-corrected chi connectivity index (χ2v) is 14.5. The van der Waals surface area contributed by atoms with Gasteiger partial charge in [-0.15, -0.1) is 0 Å². The Morgan fingerprint density at radius 2 is 1.96 bits per heavy atom. The van der Waals surface area contributed by atoms with Crippen molar-refractivity contribution < 1.29 is 34.3 Å². The SMILES string of the molecule is CC(CO)(NCc1cc(Cl)c(OCC2(OCCCN3CC[C@@H](O)C3)C=CC=C(c3ccccc3)C2(C)C)cc1OCc1cncc(C#N)c1)C(=O)O. The molecule has 3 aromatic rings. The Balaban J connectivity index is 1.42. The molecule has 2 aromatic carbocycles. The van der Waals surface area contributed by atoms with Gasteiger partial charge in [-0.05, 0) is 49.1 Å². The number of aliphatic carboxylic acids is 1. The summed E-state index contributed by atoms with van der Waals surface area (Å²) in [5.74, 6) is -0.508. The Morgan fingerprint density at radius 1 is 1.17 bits per heavy atom. The minimum absolute atomic E-state index is 0.0112. The Bertz CT molecular complexity index is 1810. The van der Waals surface area contributed by atoms with Crippen molar-refractivity contribution in [2.75, 3.05) is 39.5 Å². The molecular formula is C40H47ClN4O7. The van der Waals surface area contributed by atoms with E-state index in [9.17, 15) is 25.4 Å². The molecule has 0 amide bonds. The van der Waals surface area contributed by atoms with Crippen LogP contribution in [0.5, 0.6) is 11.5 Å². The fourth-order valence-electron chi connectivity index (χ4n) is 6.50. The number of hydrogen-bond acceptors (Lipinski definition) is 10. The Morgan fingerprint density at radius 3 is 2.65 bits per heavy atom. The number of ether oxygens (including phenoxy) is 3. The molecule has 0 bridgehead atoms. The van der Waals surface area contributed by atoms with Crippen LogP contribution < -0.4 is 14.8 Å². The molecule has 0 radical (unpaired) electrons. The summed E-state index contributed by atoms with van der Waals surface area (Å²) in [5.41, 5.74) is 0.691. The Kier molecular flexibility index (Phi) is 12.8. The summed E-state index contributed by atoms with van der Waals surface area (Å²) in [6, 6.07) is 17.2. The molecule has 2 aliphatic rings. The summed E-state index contributed by atoms with van der Waals surface area (Å²) >= 11 is 6.86. The molecule has 0 saturated carbocycles. The fourth-order valence-corrected chi connectivity index (χ4v) is 6.74. The maximum atomic E-state index is 11.9. The molecule has 3 atom stereocenters. The number of carbonyl (C=O) groups is 1. The zero-order valence-corrected chi connectivity index (χ0v) is 30.6. The first-order valence-corrected chi connectivity index (χ1v) is 17.8. The molecule has 52 heavy (non-hydrogen) atoms. The molecular weight excluding hydrogens is 684 g/mol. The standard InChI is InChI=1S/C40H47ClN4O7/c1-38(2)33(30-9-5-4-6-10-30)11-7-13-40(38,52-16-8-14-45-15-12-32(47)24-45)27-51-36-19-35(50-25-29-17-28(20-42)21-43-22-29)31(18-34(36)41)23-44-39(3,26-46)37(48)49/h4-7,9-11,13,17-19,21-22,32,44,46-47H,8,12,14-16,23-27H2,1-3H3,(H,48,49)/t32-,39?,40?/m1/s1. The molecule has 11 nitrogen and oxygen atoms in total. The average Bonchev–Trinajstić information content (AvgIpc) is 3.56. The van der Waals surface area contributed by atoms with Gasteiger partial charge in [0.15, 0.2) is 0 Å². The zero-order chi connectivity index (χ0) is 37.4. The number of aromatic nitrogens is 1. The predicted octanol–water partition coefficient (Wildman–Crippen LogP) is 5.38. The molecule has 4 N–H and O–H groups in total. The molecule has 276 valence electrons. The third-order valence-electron chi connectivity index (χ3n) is 10.0. The van der Waals surface area contributed by atoms with Gasteiger partial charge in [-0.3, -0.25) is 15.1 Å². The molecule has 1 aliphatic heterocycles. The van der Waals surface area contributed by atoms with E-state index < -0.39 is 29.1 Å². The number of allylic oxidation sites excluding steroid dienone is 2. The number of carboxylic acids is 1. The van der Waals surface area contributed by atoms with Crippen LogP contribution in [0.4, 0.5) is 0 Å². The smallest absolute Gasteiger partial charge is 0.326 e. The van der Waals surface area contributed by atoms with Crippen LogP contribution in [0.2, 0.25) is 5.02 Å². The minimum atomic E-state index is -1.61. The van der Waals surface area contributed by atoms with Gasteiger partial charge in [0.05, 0.1) is 23.3 Å². The average molecular weight is 731 g/mol. The van der Waals surface area contributed by atoms with Gasteiger partial charge < -0.3 is 34.4 Å². The third-order valence-corrected chi connectivity index (χ3v) is 10.3. The van der Waals surface area contributed by atoms with Crippen molar-refractivity contribution in [2.45, 2.75) is 64.0 Å². The van der Waals surface area contributed by atoms with Crippen LogP contribution in [0, 0.1) is 16.7 Å². The van der Waals surface area contributed by atoms with Crippen molar-refractivity contribution in [1.82, 2.24) is 15.2 Å². The highest BCUT2D eigenvalue weighted by Crippen LogP contribution is 2.49. The van der Waals surface area contributed by atoms with Crippen molar-refractivity contribution in [3.8, 4) is 17.6 Å². The second kappa shape index (κ2) is 17.0. The molecule has 1 aromatic heterocycles. The number of hydrogen-bond donors (Lipinski definition) is 4. The summed E-state index contributed by atoms with van der Waals surface area (Å²) in [4.78, 5) is 18.3. The predicted molar refractivity (Wildman–Crippen MR) is 198 cm³/mol. The van der Waals surface area contributed by atoms with Gasteiger partial charge in [0.25, 0.3) is 0 Å². The van der Waals surface area contributed by atoms with E-state index in [1.54, 1.807) is 24.4 Å². The molecule has 1 fully saturated rings. The van der Waals surface area contributed by atoms with Crippen LogP contribution in [-0.2, 0) is 22.7 Å². The molecule has 0 spiro atoms. The molecule has 5 rings (SSSR count). The normalized spacial score (nSPS) is 20.9. The first kappa shape index (κ1) is 38.9. The molecule has 2 unspecified atom stereocenters. The lowest BCUT2D eigenvalue weighted by Crippen LogP contribution is -2.52. The van der Waals surface area contributed by atoms with Gasteiger partial charge in [-0.25, -0.2) is 0 Å². The lowest BCUT2D eigenvalue weighted by Gasteiger charge is -2.47. The molecule has 2 heterocycles. The maximum absolute atomic E-state index is 11.9. The number of aliphatic hydroxyl groups excluding tert-OH is 2. The van der Waals surface area contributed by atoms with E-state index in [1.165, 1.54) is 13.1 Å². The number of nitrogens with one attached hydrogen (secondary N) is 1. The zero-order valence-electron chi connectivity index (χ0n) is 29.8. The van der Waals surface area contributed by atoms with E-state index >= 15 is 0 Å². The van der Waals surface area contributed by atoms with Crippen LogP contribution in [0.15, 0.2) is 79.2 Å². The quantitative estimate of drug-likeness (QED) is 0.132. The van der Waals surface area contributed by atoms with Gasteiger partial charge in [0.2, 0.25) is 0 Å². The lowest BCUT2D eigenvalue weighted by molar-refractivity contribution is -0.145. The van der Waals surface area contributed by atoms with Crippen molar-refractivity contribution in [3.05, 3.63) is 106 Å². The van der Waals surface area contributed by atoms with Gasteiger partial charge in [-0.2, -0.15) is 5.26 Å². The van der Waals surface area contributed by atoms with Gasteiger partial charge in [-0.1, -0.05) is 67.9 Å². The van der Waals surface area contributed by atoms with E-state index in [0.29, 0.717) is 41.3 Å². The van der Waals surface area contributed by atoms with E-state index in [-0.39, 0.29) is 30.9 Å². The molecule has 12 heteroatoms. The first-order chi connectivity index (χ1) is 24.9. The van der Waals surface area contributed by atoms with Gasteiger partial charge in [0, 0.05) is 67.8 Å². The van der Waals surface area contributed by atoms with Crippen molar-refractivity contribution in [2.24, 2.45) is 5.41 Å². The summed E-state index contributed by atoms with van der Waals surface area (Å²) in [7, 11) is 0. The number of halogens is 1. The lowest BCUT2D eigenvalue weighted by atomic mass is 9.65. The number of aliphatic hydroxyl groups is 2. The highest BCUT2D eigenvalue weighted by atomic mass is 35.5. The number of pyridine rings is 1. The van der Waals surface area contributed by atoms with Gasteiger partial charge in [0.1, 0.15) is 41.9 Å². The van der Waals surface area contributed by atoms with Crippen LogP contribution in [0.25, 0.3) is 5.57 Å². The topological polar surface area (TPSA) is 157 Å². The van der Waals surface area contributed by atoms with Crippen LogP contribution in [-0.4, -0.2) is 87.9 Å². The number of benzene rings is 2. The summed E-state index contributed by atoms with van der Waals surface area (Å²) < 4.78 is 19.6. The largest absolute Gasteiger partial charge is 0.488 e. The van der Waals surface area contributed by atoms with Crippen molar-refractivity contribution >= 4 is 23.1 Å². The van der Waals surface area contributed by atoms with Crippen LogP contribution >= 0.6 is 11.6 Å². The van der Waals surface area contributed by atoms with E-state index in [4.69, 9.17) is 25.8 Å². The first-order valence-electron chi connectivity index (χ1n) is 17.4. The number of nitrogens with zero attached hydrogens (tertiary/aromatic N) is 3. The molecule has 1 aliphatic carbocycles. The van der Waals surface area contributed by atoms with E-state index in [2.05, 4.69) is 53.3 Å². The third kappa shape index (κ3) is 9.01. The maximum Gasteiger partial charge on any atom is 0.326 e. The number of rotatable bonds is 17. The number of nitriles is 1. The summed E-state index contributed by atoms with van der Waals surface area (Å²) in [5, 5.41) is 42.0. The highest BCUT2D eigenvalue weighted by molar-refractivity contribution is 6.32. The van der Waals surface area contributed by atoms with Crippen LogP contribution in [0.1, 0.15) is 55.9 Å². The highest BCUT2D eigenvalue weighted by Gasteiger charge is 2.49. The number of β-amino-alcohol motifs (C(OH)–C–C–N with tert-alkyl or cyclic N) is 1. The monoisotopic (exact) mass is 730 g/mol. The van der Waals surface area contributed by atoms with Crippen LogP contribution in [0.3, 0.4) is 0 Å². The van der Waals surface area contributed by atoms with Gasteiger partial charge >= 0.3 is 5.97 Å². The van der Waals surface area contributed by atoms with E-state index in [1.807, 2.05) is 30.4 Å². The number of likely N-dealkylation sites (tertiary alicyclic amines) is 1. The second-order valence-electron chi connectivity index (χ2n) is 14.1. The van der Waals surface area contributed by atoms with E-state index in [0.717, 1.165) is 37.1 Å².